The normalized spacial score (nSPS) is 16.2. The fourth-order valence-electron chi connectivity index (χ4n) is 0.668. The molecule has 0 bridgehead atoms. The van der Waals surface area contributed by atoms with Crippen LogP contribution < -0.4 is 6.15 Å². The molecule has 0 aromatic carbocycles. The van der Waals surface area contributed by atoms with Crippen molar-refractivity contribution in [3.05, 3.63) is 0 Å². The quantitative estimate of drug-likeness (QED) is 0.164. The van der Waals surface area contributed by atoms with Crippen LogP contribution >= 0.6 is 7.82 Å². The first-order chi connectivity index (χ1) is 7.91. The fourth-order valence-corrected chi connectivity index (χ4v) is 0.668. The van der Waals surface area contributed by atoms with Gasteiger partial charge in [-0.15, -0.1) is 0 Å². The van der Waals surface area contributed by atoms with Crippen LogP contribution in [0.25, 0.3) is 0 Å². The Morgan fingerprint density at radius 2 is 1.30 bits per heavy atom. The fraction of sp³-hybridized carbons (Fsp3) is 0.833. The van der Waals surface area contributed by atoms with Crippen LogP contribution in [0.5, 0.6) is 0 Å². The van der Waals surface area contributed by atoms with Crippen LogP contribution in [-0.2, 0) is 9.36 Å². The molecular formula is C6H20CaNO11P. The summed E-state index contributed by atoms with van der Waals surface area (Å²) in [5, 5.41) is 51.8. The molecule has 4 atom stereocenters. The molecule has 0 aliphatic heterocycles. The Labute approximate surface area is 143 Å². The zero-order valence-electron chi connectivity index (χ0n) is 9.51. The van der Waals surface area contributed by atoms with Crippen molar-refractivity contribution in [1.29, 1.82) is 0 Å². The third kappa shape index (κ3) is 16.7. The van der Waals surface area contributed by atoms with Gasteiger partial charge in [0.25, 0.3) is 0 Å². The maximum atomic E-state index is 10.1. The van der Waals surface area contributed by atoms with Gasteiger partial charge in [0.1, 0.15) is 18.3 Å². The molecule has 0 saturated carbocycles. The minimum absolute atomic E-state index is 0. The molecule has 14 heteroatoms. The molecule has 0 aliphatic rings. The molecule has 0 spiro atoms. The van der Waals surface area contributed by atoms with Gasteiger partial charge >= 0.3 is 51.5 Å². The van der Waals surface area contributed by atoms with Gasteiger partial charge in [-0.3, -0.25) is 0 Å². The third-order valence-corrected chi connectivity index (χ3v) is 1.51. The Bertz CT molecular complexity index is 290. The van der Waals surface area contributed by atoms with Crippen molar-refractivity contribution in [3.63, 3.8) is 0 Å². The van der Waals surface area contributed by atoms with E-state index in [1.54, 1.807) is 0 Å². The van der Waals surface area contributed by atoms with E-state index in [2.05, 4.69) is 0 Å². The Hall–Kier alpha value is 0.600. The number of rotatable bonds is 5. The Balaban J connectivity index is -0.000000158. The zero-order valence-corrected chi connectivity index (χ0v) is 10.4. The summed E-state index contributed by atoms with van der Waals surface area (Å²) in [5.41, 5.74) is 0. The second-order valence-corrected chi connectivity index (χ2v) is 4.05. The van der Waals surface area contributed by atoms with Crippen LogP contribution in [0.4, 0.5) is 0 Å². The van der Waals surface area contributed by atoms with E-state index in [0.717, 1.165) is 0 Å². The summed E-state index contributed by atoms with van der Waals surface area (Å²) in [5.74, 6) is -1.73. The van der Waals surface area contributed by atoms with E-state index >= 15 is 0 Å². The summed E-state index contributed by atoms with van der Waals surface area (Å²) >= 11 is 0. The molecule has 12 nitrogen and oxygen atoms in total. The molecule has 0 aromatic heterocycles. The van der Waals surface area contributed by atoms with Crippen LogP contribution in [-0.4, -0.2) is 120 Å². The van der Waals surface area contributed by atoms with Crippen LogP contribution in [0.3, 0.4) is 0 Å². The minimum atomic E-state index is -4.64. The summed E-state index contributed by atoms with van der Waals surface area (Å²) < 4.78 is 8.88. The van der Waals surface area contributed by atoms with Gasteiger partial charge in [-0.25, -0.2) is 9.36 Å². The number of hydrogen-bond acceptors (Lipinski definition) is 8. The van der Waals surface area contributed by atoms with Gasteiger partial charge < -0.3 is 51.5 Å². The van der Waals surface area contributed by atoms with Crippen molar-refractivity contribution in [2.45, 2.75) is 24.4 Å². The summed E-state index contributed by atoms with van der Waals surface area (Å²) in [6, 6.07) is 0. The molecule has 0 radical (unpaired) electrons. The summed E-state index contributed by atoms with van der Waals surface area (Å²) in [7, 11) is -4.64. The standard InChI is InChI=1S/C6H12O7.Ca.H3N.H3O4P.2H/c7-1-2(8)3(9)4(10)5(11)6(12)13;;;1-5(2,3)4;;/h2-5,7-11H,1H2,(H,12,13);;1H3;(H3,1,2,3,4);;/t2-,3-,4+,5-;;;;;/m1...../s1. The molecular weight excluding hydrogens is 333 g/mol. The first-order valence-electron chi connectivity index (χ1n) is 4.26. The second-order valence-electron chi connectivity index (χ2n) is 3.03. The number of aliphatic hydroxyl groups excluding tert-OH is 5. The van der Waals surface area contributed by atoms with E-state index < -0.39 is 44.8 Å². The molecule has 0 unspecified atom stereocenters. The molecule has 0 saturated heterocycles. The summed E-state index contributed by atoms with van der Waals surface area (Å²) in [4.78, 5) is 31.7. The van der Waals surface area contributed by atoms with E-state index in [4.69, 9.17) is 49.9 Å². The van der Waals surface area contributed by atoms with Gasteiger partial charge in [-0.2, -0.15) is 0 Å². The van der Waals surface area contributed by atoms with Crippen LogP contribution in [0.1, 0.15) is 0 Å². The number of phosphoric acid groups is 1. The van der Waals surface area contributed by atoms with Crippen molar-refractivity contribution < 1.29 is 54.7 Å². The van der Waals surface area contributed by atoms with Gasteiger partial charge in [0.15, 0.2) is 6.10 Å². The van der Waals surface area contributed by atoms with Gasteiger partial charge in [0.05, 0.1) is 6.61 Å². The van der Waals surface area contributed by atoms with E-state index in [1.807, 2.05) is 0 Å². The number of carboxylic acid groups (broad SMARTS) is 1. The van der Waals surface area contributed by atoms with Crippen molar-refractivity contribution >= 4 is 51.5 Å². The van der Waals surface area contributed by atoms with E-state index in [0.29, 0.717) is 0 Å². The third-order valence-electron chi connectivity index (χ3n) is 1.51. The Kier molecular flexibility index (Phi) is 19.1. The van der Waals surface area contributed by atoms with Gasteiger partial charge in [0.2, 0.25) is 0 Å². The van der Waals surface area contributed by atoms with E-state index in [9.17, 15) is 4.79 Å². The first-order valence-corrected chi connectivity index (χ1v) is 5.82. The van der Waals surface area contributed by atoms with Crippen LogP contribution in [0, 0.1) is 0 Å². The predicted octanol–water partition coefficient (Wildman–Crippen LogP) is -5.18. The average molecular weight is 353 g/mol. The number of aliphatic hydroxyl groups is 5. The van der Waals surface area contributed by atoms with Crippen molar-refractivity contribution in [2.75, 3.05) is 6.61 Å². The topological polar surface area (TPSA) is 251 Å². The van der Waals surface area contributed by atoms with Gasteiger partial charge in [-0.05, 0) is 0 Å². The van der Waals surface area contributed by atoms with Gasteiger partial charge in [-0.1, -0.05) is 0 Å². The number of carbonyl (C=O) groups is 1. The molecule has 20 heavy (non-hydrogen) atoms. The molecule has 0 heterocycles. The molecule has 0 aromatic rings. The SMILES string of the molecule is N.O=C(O)[C@H](O)[C@@H](O)[C@H](O)[C@H](O)CO.O=P(O)(O)O.[CaH2]. The average Bonchev–Trinajstić information content (AvgIpc) is 2.22. The first kappa shape index (κ1) is 28.7. The molecule has 0 amide bonds. The van der Waals surface area contributed by atoms with Crippen molar-refractivity contribution in [3.8, 4) is 0 Å². The monoisotopic (exact) mass is 353 g/mol. The number of hydrogen-bond donors (Lipinski definition) is 10. The molecule has 0 rings (SSSR count). The Morgan fingerprint density at radius 3 is 1.50 bits per heavy atom. The molecule has 122 valence electrons. The van der Waals surface area contributed by atoms with E-state index in [1.165, 1.54) is 0 Å². The van der Waals surface area contributed by atoms with Crippen LogP contribution in [0.2, 0.25) is 0 Å². The number of aliphatic carboxylic acids is 1. The maximum absolute atomic E-state index is 10.1. The number of carboxylic acids is 1. The molecule has 12 N–H and O–H groups in total. The van der Waals surface area contributed by atoms with Crippen LogP contribution in [0.15, 0.2) is 0 Å². The van der Waals surface area contributed by atoms with Gasteiger partial charge in [0, 0.05) is 0 Å². The summed E-state index contributed by atoms with van der Waals surface area (Å²) in [6.45, 7) is -0.843. The molecule has 0 aliphatic carbocycles. The Morgan fingerprint density at radius 1 is 1.00 bits per heavy atom. The zero-order chi connectivity index (χ0) is 15.1. The predicted molar refractivity (Wildman–Crippen MR) is 66.6 cm³/mol. The molecule has 0 fully saturated rings. The van der Waals surface area contributed by atoms with Crippen molar-refractivity contribution in [2.24, 2.45) is 0 Å². The van der Waals surface area contributed by atoms with Crippen molar-refractivity contribution in [1.82, 2.24) is 6.15 Å². The van der Waals surface area contributed by atoms with E-state index in [-0.39, 0.29) is 43.9 Å². The summed E-state index contributed by atoms with van der Waals surface area (Å²) in [6.07, 6.45) is -7.84. The second kappa shape index (κ2) is 13.3.